The lowest BCUT2D eigenvalue weighted by molar-refractivity contribution is -0.156. The topological polar surface area (TPSA) is 191 Å². The van der Waals surface area contributed by atoms with Gasteiger partial charge >= 0.3 is 5.97 Å². The standard InChI is InChI=1S/C41H57N5O8/c1-20-11-9-13-22(3)41(52)46-34-33-32(44-40(45-33)27-15-16-42-19-43-18-27)30-29(39(53-8)25(6)36(50)31(30)37(34)51)28(48)14-10-12-21(2)38(54-26(7)47)24(5)35(49)23(4)17-20/h9,11,13,20-21,23-24,27,35,38,40,42-44,49-51H,10,12,14-19H2,1-8H3/b11-9+,22-13-,46-34?/t20-,21+,23+,24+,27?,35+,38+,40?/m0/s1. The normalized spacial score (nSPS) is 30.4. The van der Waals surface area contributed by atoms with Crippen molar-refractivity contribution < 1.29 is 39.2 Å². The summed E-state index contributed by atoms with van der Waals surface area (Å²) in [6, 6.07) is 0. The third-order valence-corrected chi connectivity index (χ3v) is 11.3. The molecule has 1 fully saturated rings. The molecular formula is C41H57N5O8. The van der Waals surface area contributed by atoms with Gasteiger partial charge in [-0.1, -0.05) is 45.9 Å². The number of amides is 1. The molecule has 0 aromatic heterocycles. The molecule has 1 amide bonds. The number of methoxy groups -OCH3 is 1. The van der Waals surface area contributed by atoms with Crippen molar-refractivity contribution in [3.05, 3.63) is 45.6 Å². The van der Waals surface area contributed by atoms with Gasteiger partial charge in [0.15, 0.2) is 11.5 Å². The Morgan fingerprint density at radius 3 is 2.43 bits per heavy atom. The number of ether oxygens (including phenoxy) is 2. The van der Waals surface area contributed by atoms with Crippen molar-refractivity contribution >= 4 is 34.1 Å². The molecule has 1 saturated heterocycles. The van der Waals surface area contributed by atoms with E-state index in [0.29, 0.717) is 43.7 Å². The number of benzene rings is 2. The van der Waals surface area contributed by atoms with Crippen LogP contribution in [-0.2, 0) is 14.3 Å². The number of anilines is 1. The number of rotatable bonds is 3. The SMILES string of the molecule is COc1c(C)c(O)c2c(O)c3c4c(c2c1C(=O)CCC[C@@H](C)[C@@H](OC(C)=O)[C@H](C)[C@H](O)[C@H](C)C[C@@H](C)/C=C/C=C(/C)C(=O)N=3)NC(C1CCNCNC1)N=4. The maximum Gasteiger partial charge on any atom is 0.302 e. The summed E-state index contributed by atoms with van der Waals surface area (Å²) >= 11 is 0. The molecule has 0 aliphatic carbocycles. The molecule has 0 spiro atoms. The highest BCUT2D eigenvalue weighted by Gasteiger charge is 2.36. The zero-order valence-electron chi connectivity index (χ0n) is 32.8. The highest BCUT2D eigenvalue weighted by atomic mass is 16.5. The average Bonchev–Trinajstić information content (AvgIpc) is 3.38. The van der Waals surface area contributed by atoms with Crippen molar-refractivity contribution in [3.8, 4) is 17.2 Å². The van der Waals surface area contributed by atoms with Gasteiger partial charge in [-0.25, -0.2) is 4.99 Å². The molecule has 54 heavy (non-hydrogen) atoms. The molecule has 2 unspecified atom stereocenters. The van der Waals surface area contributed by atoms with E-state index in [9.17, 15) is 29.7 Å². The second-order valence-corrected chi connectivity index (χ2v) is 15.5. The fraction of sp³-hybridized carbons (Fsp3) is 0.585. The molecule has 8 atom stereocenters. The van der Waals surface area contributed by atoms with Crippen molar-refractivity contribution in [2.24, 2.45) is 39.6 Å². The van der Waals surface area contributed by atoms with Crippen LogP contribution in [0.1, 0.15) is 89.6 Å². The van der Waals surface area contributed by atoms with E-state index in [1.165, 1.54) is 14.0 Å². The number of ketones is 1. The van der Waals surface area contributed by atoms with Crippen LogP contribution >= 0.6 is 0 Å². The summed E-state index contributed by atoms with van der Waals surface area (Å²) in [5, 5.41) is 45.6. The molecule has 294 valence electrons. The van der Waals surface area contributed by atoms with E-state index in [1.54, 1.807) is 26.0 Å². The lowest BCUT2D eigenvalue weighted by atomic mass is 9.79. The largest absolute Gasteiger partial charge is 0.507 e. The summed E-state index contributed by atoms with van der Waals surface area (Å²) in [5.74, 6) is -2.54. The van der Waals surface area contributed by atoms with Crippen LogP contribution in [0.3, 0.4) is 0 Å². The number of carbonyl (C=O) groups excluding carboxylic acids is 3. The fourth-order valence-corrected chi connectivity index (χ4v) is 8.29. The maximum atomic E-state index is 14.5. The Bertz CT molecular complexity index is 1950. The number of esters is 1. The number of hydrogen-bond acceptors (Lipinski definition) is 12. The molecule has 13 heteroatoms. The van der Waals surface area contributed by atoms with Gasteiger partial charge in [-0.3, -0.25) is 19.4 Å². The van der Waals surface area contributed by atoms with Gasteiger partial charge in [0.2, 0.25) is 0 Å². The van der Waals surface area contributed by atoms with Crippen LogP contribution in [0.15, 0.2) is 33.8 Å². The van der Waals surface area contributed by atoms with E-state index in [1.807, 2.05) is 33.8 Å². The zero-order valence-corrected chi connectivity index (χ0v) is 32.8. The van der Waals surface area contributed by atoms with E-state index in [0.717, 1.165) is 13.0 Å². The number of hydrogen-bond donors (Lipinski definition) is 6. The average molecular weight is 748 g/mol. The van der Waals surface area contributed by atoms with Crippen LogP contribution in [0.2, 0.25) is 0 Å². The number of phenols is 2. The van der Waals surface area contributed by atoms with Crippen molar-refractivity contribution in [1.82, 2.24) is 10.6 Å². The number of nitrogens with zero attached hydrogens (tertiary/aromatic N) is 2. The summed E-state index contributed by atoms with van der Waals surface area (Å²) in [6.45, 7) is 14.5. The molecule has 3 heterocycles. The molecule has 0 radical (unpaired) electrons. The molecule has 0 saturated carbocycles. The molecule has 3 aliphatic heterocycles. The van der Waals surface area contributed by atoms with Gasteiger partial charge in [-0.2, -0.15) is 0 Å². The number of aliphatic hydroxyl groups excluding tert-OH is 1. The van der Waals surface area contributed by atoms with Crippen LogP contribution in [0.5, 0.6) is 17.2 Å². The van der Waals surface area contributed by atoms with Crippen LogP contribution < -0.4 is 31.4 Å². The fourth-order valence-electron chi connectivity index (χ4n) is 8.29. The first kappa shape index (κ1) is 40.8. The summed E-state index contributed by atoms with van der Waals surface area (Å²) < 4.78 is 11.6. The summed E-state index contributed by atoms with van der Waals surface area (Å²) in [6.07, 6.45) is 6.02. The first-order valence-electron chi connectivity index (χ1n) is 19.2. The van der Waals surface area contributed by atoms with E-state index in [4.69, 9.17) is 14.5 Å². The van der Waals surface area contributed by atoms with Gasteiger partial charge in [0, 0.05) is 54.9 Å². The number of allylic oxidation sites excluding steroid dienone is 3. The minimum absolute atomic E-state index is 0.0138. The summed E-state index contributed by atoms with van der Waals surface area (Å²) in [7, 11) is 1.43. The molecule has 3 aliphatic rings. The first-order valence-corrected chi connectivity index (χ1v) is 19.2. The summed E-state index contributed by atoms with van der Waals surface area (Å²) in [5.41, 5.74) is 1.11. The second kappa shape index (κ2) is 17.4. The van der Waals surface area contributed by atoms with Gasteiger partial charge in [0.25, 0.3) is 5.91 Å². The Hall–Kier alpha value is -4.33. The van der Waals surface area contributed by atoms with Crippen LogP contribution in [0, 0.1) is 36.5 Å². The number of nitrogens with one attached hydrogen (secondary N) is 3. The number of Topliss-reactive ketones (excluding diaryl/α,β-unsaturated/α-hetero) is 1. The second-order valence-electron chi connectivity index (χ2n) is 15.5. The van der Waals surface area contributed by atoms with Gasteiger partial charge in [-0.05, 0) is 63.8 Å². The molecular weight excluding hydrogens is 690 g/mol. The number of carbonyl (C=O) groups is 3. The highest BCUT2D eigenvalue weighted by molar-refractivity contribution is 6.18. The minimum Gasteiger partial charge on any atom is -0.507 e. The van der Waals surface area contributed by atoms with Crippen molar-refractivity contribution in [3.63, 3.8) is 0 Å². The zero-order chi connectivity index (χ0) is 39.4. The molecule has 2 bridgehead atoms. The van der Waals surface area contributed by atoms with Crippen LogP contribution in [0.25, 0.3) is 10.8 Å². The Labute approximate surface area is 317 Å². The van der Waals surface area contributed by atoms with Gasteiger partial charge < -0.3 is 40.7 Å². The molecule has 2 aromatic rings. The molecule has 5 rings (SSSR count). The van der Waals surface area contributed by atoms with Crippen molar-refractivity contribution in [2.45, 2.75) is 98.9 Å². The predicted octanol–water partition coefficient (Wildman–Crippen LogP) is 4.34. The van der Waals surface area contributed by atoms with Gasteiger partial charge in [-0.15, -0.1) is 0 Å². The van der Waals surface area contributed by atoms with E-state index in [-0.39, 0.29) is 85.9 Å². The smallest absolute Gasteiger partial charge is 0.302 e. The number of aliphatic hydroxyl groups is 1. The summed E-state index contributed by atoms with van der Waals surface area (Å²) in [4.78, 5) is 49.8. The lowest BCUT2D eigenvalue weighted by Gasteiger charge is -2.35. The maximum absolute atomic E-state index is 14.5. The van der Waals surface area contributed by atoms with Crippen molar-refractivity contribution in [2.75, 3.05) is 32.2 Å². The third kappa shape index (κ3) is 8.48. The Balaban J connectivity index is 1.73. The molecule has 6 N–H and O–H groups in total. The van der Waals surface area contributed by atoms with E-state index < -0.39 is 36.0 Å². The Kier molecular flexibility index (Phi) is 13.2. The third-order valence-electron chi connectivity index (χ3n) is 11.3. The molecule has 2 aromatic carbocycles. The van der Waals surface area contributed by atoms with Crippen LogP contribution in [0.4, 0.5) is 5.69 Å². The Morgan fingerprint density at radius 2 is 1.72 bits per heavy atom. The predicted molar refractivity (Wildman–Crippen MR) is 206 cm³/mol. The lowest BCUT2D eigenvalue weighted by Crippen LogP contribution is -2.40. The van der Waals surface area contributed by atoms with Gasteiger partial charge in [0.1, 0.15) is 34.5 Å². The minimum atomic E-state index is -0.758. The molecule has 13 nitrogen and oxygen atoms in total. The Morgan fingerprint density at radius 1 is 0.981 bits per heavy atom. The quantitative estimate of drug-likeness (QED) is 0.194. The monoisotopic (exact) mass is 747 g/mol. The number of phenolic OH excluding ortho intramolecular Hbond substituents is 2. The van der Waals surface area contributed by atoms with Crippen LogP contribution in [-0.4, -0.2) is 78.2 Å². The first-order chi connectivity index (χ1) is 25.7. The number of aromatic hydroxyl groups is 2. The van der Waals surface area contributed by atoms with E-state index >= 15 is 0 Å². The highest BCUT2D eigenvalue weighted by Crippen LogP contribution is 2.46. The van der Waals surface area contributed by atoms with E-state index in [2.05, 4.69) is 20.9 Å². The van der Waals surface area contributed by atoms with Gasteiger partial charge in [0.05, 0.1) is 29.9 Å². The van der Waals surface area contributed by atoms with Crippen molar-refractivity contribution in [1.29, 1.82) is 0 Å².